The van der Waals surface area contributed by atoms with Gasteiger partial charge in [-0.2, -0.15) is 0 Å². The Balaban J connectivity index is 0.00000144. The van der Waals surface area contributed by atoms with E-state index < -0.39 is 0 Å². The number of guanidine groups is 1. The smallest absolute Gasteiger partial charge is 0.271 e. The first-order chi connectivity index (χ1) is 5.61. The molecule has 1 amide bonds. The number of hydrazine groups is 1. The van der Waals surface area contributed by atoms with Crippen LogP contribution in [0.5, 0.6) is 0 Å². The van der Waals surface area contributed by atoms with Gasteiger partial charge >= 0.3 is 0 Å². The van der Waals surface area contributed by atoms with Crippen LogP contribution < -0.4 is 16.5 Å². The maximum atomic E-state index is 11.3. The van der Waals surface area contributed by atoms with E-state index in [4.69, 9.17) is 11.1 Å². The molecule has 74 valence electrons. The molecular formula is C6H12ClN5O. The minimum atomic E-state index is -0.250. The van der Waals surface area contributed by atoms with E-state index >= 15 is 0 Å². The van der Waals surface area contributed by atoms with E-state index in [1.165, 1.54) is 5.01 Å². The summed E-state index contributed by atoms with van der Waals surface area (Å²) < 4.78 is 0. The topological polar surface area (TPSA) is 94.2 Å². The van der Waals surface area contributed by atoms with E-state index in [0.29, 0.717) is 12.2 Å². The number of carbonyl (C=O) groups is 1. The SMILES string of the molecule is CC1=CNCN(NC(=N)N)C1=O.Cl. The minimum Gasteiger partial charge on any atom is -0.372 e. The molecule has 0 spiro atoms. The van der Waals surface area contributed by atoms with Gasteiger partial charge in [0.1, 0.15) is 6.67 Å². The van der Waals surface area contributed by atoms with Gasteiger partial charge in [-0.15, -0.1) is 12.4 Å². The van der Waals surface area contributed by atoms with Crippen LogP contribution in [0.4, 0.5) is 0 Å². The zero-order valence-electron chi connectivity index (χ0n) is 7.13. The van der Waals surface area contributed by atoms with Crippen molar-refractivity contribution in [1.29, 1.82) is 5.41 Å². The van der Waals surface area contributed by atoms with E-state index in [9.17, 15) is 4.79 Å². The Morgan fingerprint density at radius 2 is 2.46 bits per heavy atom. The van der Waals surface area contributed by atoms with Gasteiger partial charge in [0.25, 0.3) is 5.91 Å². The zero-order valence-corrected chi connectivity index (χ0v) is 7.94. The third kappa shape index (κ3) is 2.83. The van der Waals surface area contributed by atoms with Crippen LogP contribution in [0, 0.1) is 5.41 Å². The lowest BCUT2D eigenvalue weighted by Crippen LogP contribution is -2.54. The van der Waals surface area contributed by atoms with Gasteiger partial charge in [0.2, 0.25) is 5.96 Å². The predicted molar refractivity (Wildman–Crippen MR) is 50.9 cm³/mol. The Kier molecular flexibility index (Phi) is 4.06. The molecule has 13 heavy (non-hydrogen) atoms. The highest BCUT2D eigenvalue weighted by atomic mass is 35.5. The lowest BCUT2D eigenvalue weighted by molar-refractivity contribution is -0.130. The molecule has 0 aliphatic carbocycles. The summed E-state index contributed by atoms with van der Waals surface area (Å²) in [5.74, 6) is -0.427. The van der Waals surface area contributed by atoms with Gasteiger partial charge < -0.3 is 11.1 Å². The van der Waals surface area contributed by atoms with Crippen LogP contribution in [-0.2, 0) is 4.79 Å². The van der Waals surface area contributed by atoms with Crippen molar-refractivity contribution < 1.29 is 4.79 Å². The van der Waals surface area contributed by atoms with Crippen molar-refractivity contribution in [1.82, 2.24) is 15.8 Å². The third-order valence-corrected chi connectivity index (χ3v) is 1.41. The van der Waals surface area contributed by atoms with Crippen LogP contribution in [0.1, 0.15) is 6.92 Å². The van der Waals surface area contributed by atoms with Gasteiger partial charge in [-0.1, -0.05) is 0 Å². The molecule has 0 aromatic carbocycles. The number of nitrogens with zero attached hydrogens (tertiary/aromatic N) is 1. The second-order valence-corrected chi connectivity index (χ2v) is 2.45. The van der Waals surface area contributed by atoms with Crippen LogP contribution in [0.2, 0.25) is 0 Å². The molecule has 7 heteroatoms. The van der Waals surface area contributed by atoms with Crippen molar-refractivity contribution in [2.45, 2.75) is 6.92 Å². The van der Waals surface area contributed by atoms with E-state index in [0.717, 1.165) is 0 Å². The number of rotatable bonds is 1. The number of nitrogens with one attached hydrogen (secondary N) is 3. The van der Waals surface area contributed by atoms with E-state index in [2.05, 4.69) is 10.7 Å². The second kappa shape index (κ2) is 4.56. The van der Waals surface area contributed by atoms with Gasteiger partial charge in [-0.3, -0.25) is 15.6 Å². The standard InChI is InChI=1S/C6H11N5O.ClH/c1-4-2-9-3-11(5(4)12)10-6(7)8;/h2,9H,3H2,1H3,(H4,7,8,10);1H. The second-order valence-electron chi connectivity index (χ2n) is 2.45. The lowest BCUT2D eigenvalue weighted by Gasteiger charge is -2.26. The fourth-order valence-electron chi connectivity index (χ4n) is 0.872. The molecule has 0 aromatic heterocycles. The maximum absolute atomic E-state index is 11.3. The molecule has 1 rings (SSSR count). The summed E-state index contributed by atoms with van der Waals surface area (Å²) in [5.41, 5.74) is 8.04. The Labute approximate surface area is 82.0 Å². The van der Waals surface area contributed by atoms with E-state index in [1.54, 1.807) is 13.1 Å². The fourth-order valence-corrected chi connectivity index (χ4v) is 0.872. The molecule has 0 saturated carbocycles. The lowest BCUT2D eigenvalue weighted by atomic mass is 10.3. The number of halogens is 1. The molecule has 1 aliphatic rings. The van der Waals surface area contributed by atoms with Crippen molar-refractivity contribution in [2.24, 2.45) is 5.73 Å². The van der Waals surface area contributed by atoms with Crippen LogP contribution in [0.25, 0.3) is 0 Å². The first-order valence-electron chi connectivity index (χ1n) is 3.44. The Bertz CT molecular complexity index is 251. The highest BCUT2D eigenvalue weighted by Crippen LogP contribution is 2.00. The number of hydrogen-bond acceptors (Lipinski definition) is 3. The van der Waals surface area contributed by atoms with E-state index in [-0.39, 0.29) is 24.3 Å². The number of hydrogen-bond donors (Lipinski definition) is 4. The Hall–Kier alpha value is -1.43. The van der Waals surface area contributed by atoms with Gasteiger partial charge in [-0.25, -0.2) is 5.01 Å². The van der Waals surface area contributed by atoms with Crippen LogP contribution >= 0.6 is 12.4 Å². The zero-order chi connectivity index (χ0) is 9.14. The molecule has 6 nitrogen and oxygen atoms in total. The molecule has 1 heterocycles. The largest absolute Gasteiger partial charge is 0.372 e. The quantitative estimate of drug-likeness (QED) is 0.330. The Morgan fingerprint density at radius 3 is 3.00 bits per heavy atom. The van der Waals surface area contributed by atoms with Crippen molar-refractivity contribution in [3.05, 3.63) is 11.8 Å². The van der Waals surface area contributed by atoms with Crippen molar-refractivity contribution in [3.8, 4) is 0 Å². The molecule has 0 saturated heterocycles. The van der Waals surface area contributed by atoms with Gasteiger partial charge in [0, 0.05) is 11.8 Å². The summed E-state index contributed by atoms with van der Waals surface area (Å²) in [6.07, 6.45) is 1.63. The van der Waals surface area contributed by atoms with Crippen LogP contribution in [0.15, 0.2) is 11.8 Å². The van der Waals surface area contributed by atoms with E-state index in [1.807, 2.05) is 0 Å². The minimum absolute atomic E-state index is 0. The summed E-state index contributed by atoms with van der Waals surface area (Å²) >= 11 is 0. The summed E-state index contributed by atoms with van der Waals surface area (Å²) in [7, 11) is 0. The molecule has 0 atom stereocenters. The normalized spacial score (nSPS) is 15.3. The highest BCUT2D eigenvalue weighted by Gasteiger charge is 2.18. The Morgan fingerprint density at radius 1 is 1.85 bits per heavy atom. The van der Waals surface area contributed by atoms with Crippen molar-refractivity contribution in [2.75, 3.05) is 6.67 Å². The fraction of sp³-hybridized carbons (Fsp3) is 0.333. The highest BCUT2D eigenvalue weighted by molar-refractivity contribution is 5.94. The number of nitrogens with two attached hydrogens (primary N) is 1. The summed E-state index contributed by atoms with van der Waals surface area (Å²) in [4.78, 5) is 11.3. The summed E-state index contributed by atoms with van der Waals surface area (Å²) in [6.45, 7) is 2.00. The molecule has 5 N–H and O–H groups in total. The van der Waals surface area contributed by atoms with Crippen LogP contribution in [0.3, 0.4) is 0 Å². The average Bonchev–Trinajstić information content (AvgIpc) is 1.98. The number of amides is 1. The molecule has 0 unspecified atom stereocenters. The molecular weight excluding hydrogens is 194 g/mol. The molecule has 0 aromatic rings. The average molecular weight is 206 g/mol. The first-order valence-corrected chi connectivity index (χ1v) is 3.44. The number of carbonyl (C=O) groups excluding carboxylic acids is 1. The first kappa shape index (κ1) is 11.6. The van der Waals surface area contributed by atoms with Crippen molar-refractivity contribution in [3.63, 3.8) is 0 Å². The summed E-state index contributed by atoms with van der Waals surface area (Å²) in [5, 5.41) is 11.0. The molecule has 0 radical (unpaired) electrons. The van der Waals surface area contributed by atoms with Gasteiger partial charge in [0.15, 0.2) is 0 Å². The monoisotopic (exact) mass is 205 g/mol. The van der Waals surface area contributed by atoms with Crippen LogP contribution in [-0.4, -0.2) is 23.5 Å². The van der Waals surface area contributed by atoms with Gasteiger partial charge in [-0.05, 0) is 6.92 Å². The molecule has 0 bridgehead atoms. The summed E-state index contributed by atoms with van der Waals surface area (Å²) in [6, 6.07) is 0. The molecule has 0 fully saturated rings. The maximum Gasteiger partial charge on any atom is 0.271 e. The van der Waals surface area contributed by atoms with Gasteiger partial charge in [0.05, 0.1) is 0 Å². The van der Waals surface area contributed by atoms with Crippen molar-refractivity contribution >= 4 is 24.3 Å². The third-order valence-electron chi connectivity index (χ3n) is 1.41. The molecule has 1 aliphatic heterocycles. The predicted octanol–water partition coefficient (Wildman–Crippen LogP) is -0.901.